The van der Waals surface area contributed by atoms with Crippen molar-refractivity contribution in [2.24, 2.45) is 5.92 Å². The second-order valence-corrected chi connectivity index (χ2v) is 4.86. The van der Waals surface area contributed by atoms with Gasteiger partial charge in [0.05, 0.1) is 12.2 Å². The van der Waals surface area contributed by atoms with Crippen molar-refractivity contribution in [3.8, 4) is 0 Å². The highest BCUT2D eigenvalue weighted by molar-refractivity contribution is 6.02. The van der Waals surface area contributed by atoms with Crippen molar-refractivity contribution in [3.05, 3.63) is 48.4 Å². The zero-order valence-electron chi connectivity index (χ0n) is 11.3. The van der Waals surface area contributed by atoms with Gasteiger partial charge in [0.15, 0.2) is 5.76 Å². The summed E-state index contributed by atoms with van der Waals surface area (Å²) in [4.78, 5) is 23.7. The first-order valence-corrected chi connectivity index (χ1v) is 6.69. The van der Waals surface area contributed by atoms with Crippen LogP contribution < -0.4 is 16.0 Å². The lowest BCUT2D eigenvalue weighted by Crippen LogP contribution is -2.48. The van der Waals surface area contributed by atoms with Crippen LogP contribution in [0.15, 0.2) is 47.1 Å². The standard InChI is InChI=1S/C15H15N3O3/c19-14(10-8-16-9-10)17-11-3-1-4-12(7-11)18-15(20)13-5-2-6-21-13/h1-7,10,16H,8-9H2,(H,17,19)(H,18,20). The maximum atomic E-state index is 11.9. The van der Waals surface area contributed by atoms with Gasteiger partial charge in [-0.2, -0.15) is 0 Å². The van der Waals surface area contributed by atoms with E-state index in [1.807, 2.05) is 0 Å². The highest BCUT2D eigenvalue weighted by Crippen LogP contribution is 2.17. The molecule has 0 bridgehead atoms. The van der Waals surface area contributed by atoms with Crippen molar-refractivity contribution in [1.29, 1.82) is 0 Å². The minimum Gasteiger partial charge on any atom is -0.459 e. The molecule has 3 N–H and O–H groups in total. The molecule has 6 nitrogen and oxygen atoms in total. The molecule has 0 saturated carbocycles. The molecular formula is C15H15N3O3. The highest BCUT2D eigenvalue weighted by atomic mass is 16.3. The number of anilines is 2. The molecule has 3 rings (SSSR count). The monoisotopic (exact) mass is 285 g/mol. The van der Waals surface area contributed by atoms with Crippen molar-refractivity contribution in [1.82, 2.24) is 5.32 Å². The second-order valence-electron chi connectivity index (χ2n) is 4.86. The Labute approximate surface area is 121 Å². The number of rotatable bonds is 4. The van der Waals surface area contributed by atoms with Crippen LogP contribution in [0.5, 0.6) is 0 Å². The van der Waals surface area contributed by atoms with E-state index in [-0.39, 0.29) is 23.5 Å². The van der Waals surface area contributed by atoms with Gasteiger partial charge < -0.3 is 20.4 Å². The fourth-order valence-corrected chi connectivity index (χ4v) is 1.99. The molecule has 2 amide bonds. The van der Waals surface area contributed by atoms with Gasteiger partial charge in [-0.25, -0.2) is 0 Å². The Hall–Kier alpha value is -2.60. The van der Waals surface area contributed by atoms with Crippen molar-refractivity contribution >= 4 is 23.2 Å². The lowest BCUT2D eigenvalue weighted by molar-refractivity contribution is -0.121. The third-order valence-corrected chi connectivity index (χ3v) is 3.29. The van der Waals surface area contributed by atoms with Crippen LogP contribution >= 0.6 is 0 Å². The maximum Gasteiger partial charge on any atom is 0.291 e. The SMILES string of the molecule is O=C(Nc1cccc(NC(=O)C2CNC2)c1)c1ccco1. The summed E-state index contributed by atoms with van der Waals surface area (Å²) in [5, 5.41) is 8.61. The lowest BCUT2D eigenvalue weighted by Gasteiger charge is -2.25. The summed E-state index contributed by atoms with van der Waals surface area (Å²) in [7, 11) is 0. The Morgan fingerprint density at radius 3 is 2.48 bits per heavy atom. The number of benzene rings is 1. The van der Waals surface area contributed by atoms with E-state index < -0.39 is 0 Å². The summed E-state index contributed by atoms with van der Waals surface area (Å²) in [6.07, 6.45) is 1.44. The van der Waals surface area contributed by atoms with Crippen LogP contribution in [0.1, 0.15) is 10.6 Å². The first-order valence-electron chi connectivity index (χ1n) is 6.69. The Bertz CT molecular complexity index is 648. The maximum absolute atomic E-state index is 11.9. The smallest absolute Gasteiger partial charge is 0.291 e. The van der Waals surface area contributed by atoms with Crippen molar-refractivity contribution in [2.75, 3.05) is 23.7 Å². The van der Waals surface area contributed by atoms with E-state index in [0.29, 0.717) is 24.5 Å². The van der Waals surface area contributed by atoms with Crippen molar-refractivity contribution in [3.63, 3.8) is 0 Å². The number of carbonyl (C=O) groups excluding carboxylic acids is 2. The van der Waals surface area contributed by atoms with Gasteiger partial charge in [0, 0.05) is 24.5 Å². The van der Waals surface area contributed by atoms with Crippen molar-refractivity contribution < 1.29 is 14.0 Å². The van der Waals surface area contributed by atoms with Gasteiger partial charge in [0.1, 0.15) is 0 Å². The highest BCUT2D eigenvalue weighted by Gasteiger charge is 2.24. The van der Waals surface area contributed by atoms with E-state index in [1.165, 1.54) is 6.26 Å². The number of amides is 2. The van der Waals surface area contributed by atoms with Gasteiger partial charge in [0.2, 0.25) is 5.91 Å². The Morgan fingerprint density at radius 1 is 1.10 bits per heavy atom. The molecule has 1 aliphatic heterocycles. The molecule has 0 unspecified atom stereocenters. The number of nitrogens with one attached hydrogen (secondary N) is 3. The summed E-state index contributed by atoms with van der Waals surface area (Å²) in [6.45, 7) is 1.42. The molecule has 1 saturated heterocycles. The van der Waals surface area contributed by atoms with Crippen LogP contribution in [-0.4, -0.2) is 24.9 Å². The van der Waals surface area contributed by atoms with Gasteiger partial charge in [-0.15, -0.1) is 0 Å². The molecule has 1 aromatic carbocycles. The predicted molar refractivity (Wildman–Crippen MR) is 78.1 cm³/mol. The molecule has 0 atom stereocenters. The van der Waals surface area contributed by atoms with E-state index in [0.717, 1.165) is 0 Å². The van der Waals surface area contributed by atoms with E-state index in [9.17, 15) is 9.59 Å². The van der Waals surface area contributed by atoms with Crippen LogP contribution in [0.25, 0.3) is 0 Å². The number of hydrogen-bond acceptors (Lipinski definition) is 4. The molecule has 0 radical (unpaired) electrons. The summed E-state index contributed by atoms with van der Waals surface area (Å²) < 4.78 is 5.03. The van der Waals surface area contributed by atoms with Crippen LogP contribution in [0.3, 0.4) is 0 Å². The average molecular weight is 285 g/mol. The summed E-state index contributed by atoms with van der Waals surface area (Å²) in [5.41, 5.74) is 1.25. The second kappa shape index (κ2) is 5.80. The van der Waals surface area contributed by atoms with Crippen LogP contribution in [0.4, 0.5) is 11.4 Å². The van der Waals surface area contributed by atoms with Gasteiger partial charge in [-0.1, -0.05) is 6.07 Å². The molecule has 0 spiro atoms. The van der Waals surface area contributed by atoms with E-state index in [2.05, 4.69) is 16.0 Å². The molecule has 2 aromatic rings. The Morgan fingerprint density at radius 2 is 1.86 bits per heavy atom. The molecule has 6 heteroatoms. The first kappa shape index (κ1) is 13.4. The average Bonchev–Trinajstić information content (AvgIpc) is 2.90. The number of furan rings is 1. The largest absolute Gasteiger partial charge is 0.459 e. The van der Waals surface area contributed by atoms with E-state index in [4.69, 9.17) is 4.42 Å². The zero-order chi connectivity index (χ0) is 14.7. The Balaban J connectivity index is 1.65. The zero-order valence-corrected chi connectivity index (χ0v) is 11.3. The molecule has 1 aliphatic rings. The van der Waals surface area contributed by atoms with Gasteiger partial charge in [-0.3, -0.25) is 9.59 Å². The fraction of sp³-hybridized carbons (Fsp3) is 0.200. The van der Waals surface area contributed by atoms with Crippen molar-refractivity contribution in [2.45, 2.75) is 0 Å². The minimum atomic E-state index is -0.327. The number of carbonyl (C=O) groups is 2. The molecule has 1 fully saturated rings. The normalized spacial score (nSPS) is 14.3. The molecule has 108 valence electrons. The third-order valence-electron chi connectivity index (χ3n) is 3.29. The summed E-state index contributed by atoms with van der Waals surface area (Å²) >= 11 is 0. The first-order chi connectivity index (χ1) is 10.2. The quantitative estimate of drug-likeness (QED) is 0.798. The third kappa shape index (κ3) is 3.11. The van der Waals surface area contributed by atoms with Crippen LogP contribution in [0.2, 0.25) is 0 Å². The van der Waals surface area contributed by atoms with Crippen LogP contribution in [0, 0.1) is 5.92 Å². The fourth-order valence-electron chi connectivity index (χ4n) is 1.99. The molecule has 1 aromatic heterocycles. The lowest BCUT2D eigenvalue weighted by atomic mass is 10.0. The van der Waals surface area contributed by atoms with Gasteiger partial charge in [0.25, 0.3) is 5.91 Å². The topological polar surface area (TPSA) is 83.4 Å². The molecule has 0 aliphatic carbocycles. The van der Waals surface area contributed by atoms with Gasteiger partial charge in [-0.05, 0) is 30.3 Å². The summed E-state index contributed by atoms with van der Waals surface area (Å²) in [6, 6.07) is 10.3. The predicted octanol–water partition coefficient (Wildman–Crippen LogP) is 1.69. The van der Waals surface area contributed by atoms with E-state index >= 15 is 0 Å². The summed E-state index contributed by atoms with van der Waals surface area (Å²) in [5.74, 6) is -0.0775. The number of hydrogen-bond donors (Lipinski definition) is 3. The molecule has 21 heavy (non-hydrogen) atoms. The van der Waals surface area contributed by atoms with Gasteiger partial charge >= 0.3 is 0 Å². The van der Waals surface area contributed by atoms with E-state index in [1.54, 1.807) is 36.4 Å². The molecular weight excluding hydrogens is 270 g/mol. The molecule has 2 heterocycles. The minimum absolute atomic E-state index is 0.0109. The van der Waals surface area contributed by atoms with Crippen LogP contribution in [-0.2, 0) is 4.79 Å². The Kier molecular flexibility index (Phi) is 3.70.